The summed E-state index contributed by atoms with van der Waals surface area (Å²) in [6.07, 6.45) is 1.92. The van der Waals surface area contributed by atoms with E-state index in [4.69, 9.17) is 17.3 Å². The van der Waals surface area contributed by atoms with Crippen molar-refractivity contribution in [3.63, 3.8) is 0 Å². The third-order valence-corrected chi connectivity index (χ3v) is 3.06. The van der Waals surface area contributed by atoms with E-state index < -0.39 is 0 Å². The number of nitrogens with zero attached hydrogens (tertiary/aromatic N) is 2. The lowest BCUT2D eigenvalue weighted by Gasteiger charge is -2.06. The molecular weight excluding hydrogens is 222 g/mol. The van der Waals surface area contributed by atoms with Gasteiger partial charge in [-0.2, -0.15) is 0 Å². The summed E-state index contributed by atoms with van der Waals surface area (Å²) in [5.41, 5.74) is 8.74. The number of nitrogens with two attached hydrogens (primary N) is 1. The number of halogens is 1. The second-order valence-corrected chi connectivity index (χ2v) is 4.75. The number of rotatable bonds is 2. The number of imidazole rings is 1. The highest BCUT2D eigenvalue weighted by atomic mass is 35.5. The highest BCUT2D eigenvalue weighted by molar-refractivity contribution is 6.30. The molecule has 0 amide bonds. The summed E-state index contributed by atoms with van der Waals surface area (Å²) in [7, 11) is 0. The lowest BCUT2D eigenvalue weighted by molar-refractivity contribution is 0.813. The van der Waals surface area contributed by atoms with Crippen LogP contribution in [-0.2, 0) is 0 Å². The predicted octanol–water partition coefficient (Wildman–Crippen LogP) is 3.13. The Balaban J connectivity index is 2.75. The van der Waals surface area contributed by atoms with Gasteiger partial charge in [0.2, 0.25) is 0 Å². The van der Waals surface area contributed by atoms with E-state index in [1.54, 1.807) is 0 Å². The molecule has 2 heterocycles. The molecule has 0 bridgehead atoms. The Morgan fingerprint density at radius 1 is 1.38 bits per heavy atom. The Kier molecular flexibility index (Phi) is 2.91. The quantitative estimate of drug-likeness (QED) is 0.872. The van der Waals surface area contributed by atoms with E-state index in [9.17, 15) is 0 Å². The standard InChI is InChI=1S/C12H16ClN3/c1-7(2)10-11(13)16-6-4-5-9(8(3)14)12(16)15-10/h4-8H,14H2,1-3H3. The van der Waals surface area contributed by atoms with E-state index in [1.165, 1.54) is 0 Å². The van der Waals surface area contributed by atoms with E-state index in [0.717, 1.165) is 16.9 Å². The van der Waals surface area contributed by atoms with Crippen molar-refractivity contribution in [3.05, 3.63) is 34.7 Å². The van der Waals surface area contributed by atoms with Crippen LogP contribution in [0.25, 0.3) is 5.65 Å². The van der Waals surface area contributed by atoms with Gasteiger partial charge in [-0.1, -0.05) is 31.5 Å². The molecule has 16 heavy (non-hydrogen) atoms. The Morgan fingerprint density at radius 2 is 2.06 bits per heavy atom. The van der Waals surface area contributed by atoms with Crippen LogP contribution in [0.4, 0.5) is 0 Å². The number of hydrogen-bond donors (Lipinski definition) is 1. The van der Waals surface area contributed by atoms with Crippen molar-refractivity contribution in [1.82, 2.24) is 9.38 Å². The summed E-state index contributed by atoms with van der Waals surface area (Å²) >= 11 is 6.29. The molecule has 2 aromatic heterocycles. The van der Waals surface area contributed by atoms with Crippen LogP contribution in [0.15, 0.2) is 18.3 Å². The van der Waals surface area contributed by atoms with Gasteiger partial charge < -0.3 is 5.73 Å². The Bertz CT molecular complexity index is 514. The van der Waals surface area contributed by atoms with E-state index in [2.05, 4.69) is 18.8 Å². The van der Waals surface area contributed by atoms with Gasteiger partial charge in [0.25, 0.3) is 0 Å². The molecule has 3 nitrogen and oxygen atoms in total. The summed E-state index contributed by atoms with van der Waals surface area (Å²) in [6, 6.07) is 3.90. The second-order valence-electron chi connectivity index (χ2n) is 4.39. The minimum absolute atomic E-state index is 0.0396. The zero-order valence-corrected chi connectivity index (χ0v) is 10.5. The molecule has 0 spiro atoms. The minimum Gasteiger partial charge on any atom is -0.324 e. The normalized spacial score (nSPS) is 13.6. The summed E-state index contributed by atoms with van der Waals surface area (Å²) < 4.78 is 1.90. The van der Waals surface area contributed by atoms with Gasteiger partial charge in [-0.15, -0.1) is 0 Å². The van der Waals surface area contributed by atoms with Gasteiger partial charge in [0.1, 0.15) is 10.8 Å². The maximum absolute atomic E-state index is 6.29. The largest absolute Gasteiger partial charge is 0.324 e. The molecule has 2 aromatic rings. The van der Waals surface area contributed by atoms with Gasteiger partial charge in [0, 0.05) is 17.8 Å². The van der Waals surface area contributed by atoms with Gasteiger partial charge in [-0.25, -0.2) is 4.98 Å². The highest BCUT2D eigenvalue weighted by Gasteiger charge is 2.16. The smallest absolute Gasteiger partial charge is 0.143 e. The van der Waals surface area contributed by atoms with Crippen LogP contribution < -0.4 is 5.73 Å². The van der Waals surface area contributed by atoms with Gasteiger partial charge >= 0.3 is 0 Å². The first-order chi connectivity index (χ1) is 7.52. The number of fused-ring (bicyclic) bond motifs is 1. The zero-order valence-electron chi connectivity index (χ0n) is 9.74. The molecule has 86 valence electrons. The molecule has 0 saturated heterocycles. The van der Waals surface area contributed by atoms with E-state index in [0.29, 0.717) is 11.1 Å². The first-order valence-corrected chi connectivity index (χ1v) is 5.82. The summed E-state index contributed by atoms with van der Waals surface area (Å²) in [4.78, 5) is 4.58. The fourth-order valence-corrected chi connectivity index (χ4v) is 2.20. The van der Waals surface area contributed by atoms with Crippen molar-refractivity contribution in [2.45, 2.75) is 32.7 Å². The number of hydrogen-bond acceptors (Lipinski definition) is 2. The summed E-state index contributed by atoms with van der Waals surface area (Å²) in [5.74, 6) is 0.313. The van der Waals surface area contributed by atoms with Crippen molar-refractivity contribution in [2.24, 2.45) is 5.73 Å². The minimum atomic E-state index is -0.0396. The number of aromatic nitrogens is 2. The van der Waals surface area contributed by atoms with Crippen LogP contribution in [-0.4, -0.2) is 9.38 Å². The number of pyridine rings is 1. The van der Waals surface area contributed by atoms with Crippen LogP contribution >= 0.6 is 11.6 Å². The topological polar surface area (TPSA) is 43.3 Å². The molecule has 0 aliphatic carbocycles. The zero-order chi connectivity index (χ0) is 11.9. The third-order valence-electron chi connectivity index (χ3n) is 2.68. The fourth-order valence-electron chi connectivity index (χ4n) is 1.80. The maximum atomic E-state index is 6.29. The Hall–Kier alpha value is -1.06. The second kappa shape index (κ2) is 4.07. The first kappa shape index (κ1) is 11.4. The van der Waals surface area contributed by atoms with Gasteiger partial charge in [0.05, 0.1) is 5.69 Å². The van der Waals surface area contributed by atoms with Crippen molar-refractivity contribution >= 4 is 17.2 Å². The molecule has 0 radical (unpaired) electrons. The maximum Gasteiger partial charge on any atom is 0.143 e. The van der Waals surface area contributed by atoms with Crippen molar-refractivity contribution < 1.29 is 0 Å². The monoisotopic (exact) mass is 237 g/mol. The van der Waals surface area contributed by atoms with Gasteiger partial charge in [-0.3, -0.25) is 4.40 Å². The molecule has 0 saturated carbocycles. The van der Waals surface area contributed by atoms with Gasteiger partial charge in [-0.05, 0) is 18.9 Å². The average molecular weight is 238 g/mol. The van der Waals surface area contributed by atoms with E-state index in [1.807, 2.05) is 29.7 Å². The first-order valence-electron chi connectivity index (χ1n) is 5.44. The van der Waals surface area contributed by atoms with Crippen LogP contribution in [0.1, 0.15) is 44.0 Å². The van der Waals surface area contributed by atoms with Crippen LogP contribution in [0, 0.1) is 0 Å². The predicted molar refractivity (Wildman–Crippen MR) is 66.9 cm³/mol. The molecular formula is C12H16ClN3. The van der Waals surface area contributed by atoms with E-state index in [-0.39, 0.29) is 6.04 Å². The van der Waals surface area contributed by atoms with Crippen molar-refractivity contribution in [2.75, 3.05) is 0 Å². The summed E-state index contributed by atoms with van der Waals surface area (Å²) in [5, 5.41) is 0.688. The molecule has 2 N–H and O–H groups in total. The highest BCUT2D eigenvalue weighted by Crippen LogP contribution is 2.27. The molecule has 1 unspecified atom stereocenters. The molecule has 1 atom stereocenters. The molecule has 0 aliphatic heterocycles. The lowest BCUT2D eigenvalue weighted by atomic mass is 10.1. The summed E-state index contributed by atoms with van der Waals surface area (Å²) in [6.45, 7) is 6.12. The fraction of sp³-hybridized carbons (Fsp3) is 0.417. The lowest BCUT2D eigenvalue weighted by Crippen LogP contribution is -2.06. The van der Waals surface area contributed by atoms with Crippen LogP contribution in [0.3, 0.4) is 0 Å². The van der Waals surface area contributed by atoms with Gasteiger partial charge in [0.15, 0.2) is 0 Å². The molecule has 0 aromatic carbocycles. The molecule has 0 aliphatic rings. The van der Waals surface area contributed by atoms with Crippen molar-refractivity contribution in [1.29, 1.82) is 0 Å². The van der Waals surface area contributed by atoms with E-state index >= 15 is 0 Å². The van der Waals surface area contributed by atoms with Crippen molar-refractivity contribution in [3.8, 4) is 0 Å². The van der Waals surface area contributed by atoms with Crippen LogP contribution in [0.5, 0.6) is 0 Å². The Morgan fingerprint density at radius 3 is 2.62 bits per heavy atom. The third kappa shape index (κ3) is 1.70. The Labute approximate surface area is 100 Å². The average Bonchev–Trinajstić information content (AvgIpc) is 2.56. The van der Waals surface area contributed by atoms with Crippen LogP contribution in [0.2, 0.25) is 5.15 Å². The molecule has 2 rings (SSSR count). The molecule has 4 heteroatoms. The molecule has 0 fully saturated rings. The SMILES string of the molecule is CC(C)c1nc2c(C(C)N)cccn2c1Cl.